The molecule has 0 aliphatic rings. The minimum absolute atomic E-state index is 0.0387. The number of aliphatic carboxylic acids is 1. The average molecular weight is 242 g/mol. The minimum atomic E-state index is -0.900. The number of hydrogen-bond donors (Lipinski definition) is 3. The molecule has 16 heavy (non-hydrogen) atoms. The summed E-state index contributed by atoms with van der Waals surface area (Å²) in [5, 5.41) is 11.9. The van der Waals surface area contributed by atoms with E-state index in [4.69, 9.17) is 22.4 Å². The summed E-state index contributed by atoms with van der Waals surface area (Å²) in [4.78, 5) is 14.1. The highest BCUT2D eigenvalue weighted by Gasteiger charge is 1.97. The first-order valence-corrected chi connectivity index (χ1v) is 5.00. The molecule has 0 saturated heterocycles. The fourth-order valence-electron chi connectivity index (χ4n) is 0.993. The number of nitrogens with one attached hydrogen (secondary N) is 1. The Kier molecular flexibility index (Phi) is 4.60. The maximum atomic E-state index is 10.2. The van der Waals surface area contributed by atoms with Crippen LogP contribution in [-0.2, 0) is 4.79 Å². The van der Waals surface area contributed by atoms with E-state index in [-0.39, 0.29) is 18.9 Å². The van der Waals surface area contributed by atoms with Crippen molar-refractivity contribution in [3.05, 3.63) is 29.3 Å². The van der Waals surface area contributed by atoms with Gasteiger partial charge in [0.25, 0.3) is 0 Å². The molecular formula is C10H12ClN3O2. The molecule has 5 nitrogen and oxygen atoms in total. The van der Waals surface area contributed by atoms with E-state index in [9.17, 15) is 4.79 Å². The summed E-state index contributed by atoms with van der Waals surface area (Å²) in [6.45, 7) is 0.155. The molecule has 0 atom stereocenters. The first-order chi connectivity index (χ1) is 7.58. The Morgan fingerprint density at radius 2 is 2.06 bits per heavy atom. The molecule has 0 bridgehead atoms. The standard InChI is InChI=1S/C10H12ClN3O2/c11-7-1-3-8(4-2-7)14-10(12)13-6-5-9(15)16/h1-4H,5-6H2,(H,15,16)(H3,12,13,14). The van der Waals surface area contributed by atoms with Crippen LogP contribution in [0.25, 0.3) is 0 Å². The number of carboxylic acids is 1. The van der Waals surface area contributed by atoms with Crippen LogP contribution in [0.2, 0.25) is 5.02 Å². The fraction of sp³-hybridized carbons (Fsp3) is 0.200. The number of benzene rings is 1. The largest absolute Gasteiger partial charge is 0.481 e. The molecule has 0 radical (unpaired) electrons. The van der Waals surface area contributed by atoms with Gasteiger partial charge in [-0.15, -0.1) is 0 Å². The number of hydrogen-bond acceptors (Lipinski definition) is 2. The van der Waals surface area contributed by atoms with Gasteiger partial charge in [0.05, 0.1) is 13.0 Å². The Labute approximate surface area is 97.9 Å². The number of nitrogens with zero attached hydrogens (tertiary/aromatic N) is 1. The van der Waals surface area contributed by atoms with Crippen molar-refractivity contribution in [2.45, 2.75) is 6.42 Å². The molecule has 86 valence electrons. The van der Waals surface area contributed by atoms with Gasteiger partial charge in [0.15, 0.2) is 5.96 Å². The van der Waals surface area contributed by atoms with Gasteiger partial charge in [-0.2, -0.15) is 0 Å². The molecule has 0 spiro atoms. The lowest BCUT2D eigenvalue weighted by molar-refractivity contribution is -0.136. The van der Waals surface area contributed by atoms with E-state index in [2.05, 4.69) is 10.3 Å². The molecule has 0 heterocycles. The Bertz CT molecular complexity index is 390. The number of nitrogens with two attached hydrogens (primary N) is 1. The smallest absolute Gasteiger partial charge is 0.305 e. The van der Waals surface area contributed by atoms with Gasteiger partial charge >= 0.3 is 5.97 Å². The third-order valence-electron chi connectivity index (χ3n) is 1.72. The summed E-state index contributed by atoms with van der Waals surface area (Å²) in [7, 11) is 0. The molecule has 0 aromatic heterocycles. The maximum Gasteiger partial charge on any atom is 0.305 e. The molecule has 0 amide bonds. The van der Waals surface area contributed by atoms with Crippen LogP contribution in [-0.4, -0.2) is 23.6 Å². The average Bonchev–Trinajstić information content (AvgIpc) is 2.21. The molecule has 0 aliphatic heterocycles. The second kappa shape index (κ2) is 5.97. The van der Waals surface area contributed by atoms with Crippen molar-refractivity contribution in [1.29, 1.82) is 0 Å². The van der Waals surface area contributed by atoms with Gasteiger partial charge < -0.3 is 16.2 Å². The summed E-state index contributed by atoms with van der Waals surface area (Å²) >= 11 is 5.71. The van der Waals surface area contributed by atoms with E-state index < -0.39 is 5.97 Å². The third kappa shape index (κ3) is 4.65. The van der Waals surface area contributed by atoms with Crippen molar-refractivity contribution in [2.75, 3.05) is 11.9 Å². The summed E-state index contributed by atoms with van der Waals surface area (Å²) in [5.41, 5.74) is 6.29. The van der Waals surface area contributed by atoms with Gasteiger partial charge in [-0.25, -0.2) is 0 Å². The predicted molar refractivity (Wildman–Crippen MR) is 63.8 cm³/mol. The molecular weight excluding hydrogens is 230 g/mol. The van der Waals surface area contributed by atoms with Crippen LogP contribution in [0.3, 0.4) is 0 Å². The Hall–Kier alpha value is -1.75. The van der Waals surface area contributed by atoms with E-state index in [1.807, 2.05) is 0 Å². The first-order valence-electron chi connectivity index (χ1n) is 4.62. The zero-order valence-corrected chi connectivity index (χ0v) is 9.24. The zero-order chi connectivity index (χ0) is 12.0. The molecule has 0 fully saturated rings. The second-order valence-corrected chi connectivity index (χ2v) is 3.48. The summed E-state index contributed by atoms with van der Waals surface area (Å²) < 4.78 is 0. The summed E-state index contributed by atoms with van der Waals surface area (Å²) in [5.74, 6) is -0.716. The predicted octanol–water partition coefficient (Wildman–Crippen LogP) is 1.54. The molecule has 0 saturated carbocycles. The van der Waals surface area contributed by atoms with Crippen LogP contribution in [0.1, 0.15) is 6.42 Å². The fourth-order valence-corrected chi connectivity index (χ4v) is 1.12. The highest BCUT2D eigenvalue weighted by molar-refractivity contribution is 6.30. The lowest BCUT2D eigenvalue weighted by Gasteiger charge is -2.04. The third-order valence-corrected chi connectivity index (χ3v) is 1.98. The molecule has 0 unspecified atom stereocenters. The Balaban J connectivity index is 2.47. The van der Waals surface area contributed by atoms with Crippen LogP contribution in [0.4, 0.5) is 5.69 Å². The van der Waals surface area contributed by atoms with Crippen molar-refractivity contribution in [3.63, 3.8) is 0 Å². The molecule has 1 aromatic carbocycles. The van der Waals surface area contributed by atoms with E-state index >= 15 is 0 Å². The van der Waals surface area contributed by atoms with Crippen LogP contribution in [0.15, 0.2) is 29.3 Å². The number of halogens is 1. The molecule has 6 heteroatoms. The highest BCUT2D eigenvalue weighted by atomic mass is 35.5. The zero-order valence-electron chi connectivity index (χ0n) is 8.48. The lowest BCUT2D eigenvalue weighted by Crippen LogP contribution is -2.23. The number of rotatable bonds is 4. The minimum Gasteiger partial charge on any atom is -0.481 e. The van der Waals surface area contributed by atoms with Crippen molar-refractivity contribution in [3.8, 4) is 0 Å². The number of carbonyl (C=O) groups is 1. The van der Waals surface area contributed by atoms with Crippen LogP contribution in [0.5, 0.6) is 0 Å². The van der Waals surface area contributed by atoms with E-state index in [0.29, 0.717) is 5.02 Å². The molecule has 0 aliphatic carbocycles. The van der Waals surface area contributed by atoms with Gasteiger partial charge in [0.2, 0.25) is 0 Å². The monoisotopic (exact) mass is 241 g/mol. The van der Waals surface area contributed by atoms with Gasteiger partial charge in [-0.05, 0) is 24.3 Å². The maximum absolute atomic E-state index is 10.2. The number of aliphatic imine (C=N–C) groups is 1. The highest BCUT2D eigenvalue weighted by Crippen LogP contribution is 2.12. The van der Waals surface area contributed by atoms with Crippen LogP contribution < -0.4 is 11.1 Å². The van der Waals surface area contributed by atoms with Crippen LogP contribution in [0, 0.1) is 0 Å². The topological polar surface area (TPSA) is 87.7 Å². The number of anilines is 1. The number of guanidine groups is 1. The van der Waals surface area contributed by atoms with Crippen molar-refractivity contribution in [1.82, 2.24) is 0 Å². The number of carboxylic acid groups (broad SMARTS) is 1. The van der Waals surface area contributed by atoms with E-state index in [1.54, 1.807) is 24.3 Å². The Morgan fingerprint density at radius 3 is 2.62 bits per heavy atom. The van der Waals surface area contributed by atoms with E-state index in [0.717, 1.165) is 5.69 Å². The van der Waals surface area contributed by atoms with Gasteiger partial charge in [0, 0.05) is 10.7 Å². The van der Waals surface area contributed by atoms with Gasteiger partial charge in [0.1, 0.15) is 0 Å². The van der Waals surface area contributed by atoms with Crippen molar-refractivity contribution in [2.24, 2.45) is 10.7 Å². The summed E-state index contributed by atoms with van der Waals surface area (Å²) in [6.07, 6.45) is -0.0387. The summed E-state index contributed by atoms with van der Waals surface area (Å²) in [6, 6.07) is 6.94. The van der Waals surface area contributed by atoms with Crippen molar-refractivity contribution >= 4 is 29.2 Å². The molecule has 1 aromatic rings. The normalized spacial score (nSPS) is 11.2. The molecule has 4 N–H and O–H groups in total. The van der Waals surface area contributed by atoms with Gasteiger partial charge in [-0.3, -0.25) is 9.79 Å². The Morgan fingerprint density at radius 1 is 1.44 bits per heavy atom. The molecule has 1 rings (SSSR count). The van der Waals surface area contributed by atoms with Crippen LogP contribution >= 0.6 is 11.6 Å². The van der Waals surface area contributed by atoms with Gasteiger partial charge in [-0.1, -0.05) is 11.6 Å². The lowest BCUT2D eigenvalue weighted by atomic mass is 10.3. The quantitative estimate of drug-likeness (QED) is 0.551. The SMILES string of the molecule is NC(=NCCC(=O)O)Nc1ccc(Cl)cc1. The van der Waals surface area contributed by atoms with Crippen molar-refractivity contribution < 1.29 is 9.90 Å². The first kappa shape index (κ1) is 12.3. The second-order valence-electron chi connectivity index (χ2n) is 3.04. The van der Waals surface area contributed by atoms with E-state index in [1.165, 1.54) is 0 Å².